The van der Waals surface area contributed by atoms with Crippen molar-refractivity contribution in [1.29, 1.82) is 5.26 Å². The van der Waals surface area contributed by atoms with Crippen molar-refractivity contribution in [3.63, 3.8) is 0 Å². The summed E-state index contributed by atoms with van der Waals surface area (Å²) in [6.07, 6.45) is -4.93. The summed E-state index contributed by atoms with van der Waals surface area (Å²) in [5, 5.41) is 9.28. The first kappa shape index (κ1) is 23.6. The van der Waals surface area contributed by atoms with E-state index in [4.69, 9.17) is 9.47 Å². The number of rotatable bonds is 5. The largest absolute Gasteiger partial charge is 0.488 e. The molecule has 0 radical (unpaired) electrons. The van der Waals surface area contributed by atoms with Gasteiger partial charge in [0.1, 0.15) is 35.2 Å². The van der Waals surface area contributed by atoms with E-state index in [-0.39, 0.29) is 17.0 Å². The second-order valence-electron chi connectivity index (χ2n) is 8.01. The molecule has 1 saturated heterocycles. The zero-order valence-corrected chi connectivity index (χ0v) is 18.7. The first-order valence-corrected chi connectivity index (χ1v) is 10.8. The van der Waals surface area contributed by atoms with Gasteiger partial charge in [-0.05, 0) is 37.3 Å². The van der Waals surface area contributed by atoms with Crippen molar-refractivity contribution in [2.45, 2.75) is 31.7 Å². The van der Waals surface area contributed by atoms with E-state index in [1.165, 1.54) is 22.8 Å². The molecule has 1 aliphatic rings. The molecule has 3 aromatic rings. The standard InChI is InChI=1S/C24H23F3N4O3/c1-3-33-21-14-31(10-9-20(21)34-17-6-4-5-15(11-17)24(25,26)27)19-12-22(32)30(2)18-8-7-16(13-28)29-23(18)19/h4-8,11-12,20-21H,3,9-10,14H2,1-2H3/t20-,21-/m1/s1. The molecule has 0 N–H and O–H groups in total. The Balaban J connectivity index is 1.63. The van der Waals surface area contributed by atoms with Crippen molar-refractivity contribution < 1.29 is 22.6 Å². The van der Waals surface area contributed by atoms with E-state index in [1.807, 2.05) is 17.9 Å². The fraction of sp³-hybridized carbons (Fsp3) is 0.375. The molecule has 2 aromatic heterocycles. The number of hydrogen-bond acceptors (Lipinski definition) is 6. The van der Waals surface area contributed by atoms with E-state index in [9.17, 15) is 23.2 Å². The van der Waals surface area contributed by atoms with Crippen LogP contribution in [-0.4, -0.2) is 41.5 Å². The Bertz CT molecular complexity index is 1300. The Morgan fingerprint density at radius 3 is 2.71 bits per heavy atom. The second-order valence-corrected chi connectivity index (χ2v) is 8.01. The van der Waals surface area contributed by atoms with Crippen molar-refractivity contribution in [3.8, 4) is 11.8 Å². The normalized spacial score (nSPS) is 18.6. The van der Waals surface area contributed by atoms with E-state index < -0.39 is 23.9 Å². The SMILES string of the molecule is CCO[C@@H]1CN(c2cc(=O)n(C)c3ccc(C#N)nc23)CC[C@H]1Oc1cccc(C(F)(F)F)c1. The Labute approximate surface area is 194 Å². The minimum absolute atomic E-state index is 0.123. The molecule has 2 atom stereocenters. The van der Waals surface area contributed by atoms with E-state index >= 15 is 0 Å². The number of ether oxygens (including phenoxy) is 2. The molecule has 0 unspecified atom stereocenters. The molecule has 1 aromatic carbocycles. The smallest absolute Gasteiger partial charge is 0.416 e. The molecule has 4 rings (SSSR count). The van der Waals surface area contributed by atoms with Gasteiger partial charge in [0.15, 0.2) is 0 Å². The van der Waals surface area contributed by atoms with Gasteiger partial charge in [0.05, 0.1) is 16.8 Å². The van der Waals surface area contributed by atoms with E-state index in [2.05, 4.69) is 4.98 Å². The Hall–Kier alpha value is -3.58. The van der Waals surface area contributed by atoms with E-state index in [0.717, 1.165) is 12.1 Å². The van der Waals surface area contributed by atoms with Crippen LogP contribution in [0.4, 0.5) is 18.9 Å². The van der Waals surface area contributed by atoms with Crippen LogP contribution in [0.15, 0.2) is 47.3 Å². The summed E-state index contributed by atoms with van der Waals surface area (Å²) in [7, 11) is 1.64. The fourth-order valence-corrected chi connectivity index (χ4v) is 4.16. The number of anilines is 1. The molecule has 10 heteroatoms. The molecular weight excluding hydrogens is 449 g/mol. The van der Waals surface area contributed by atoms with Crippen LogP contribution in [0.3, 0.4) is 0 Å². The highest BCUT2D eigenvalue weighted by atomic mass is 19.4. The van der Waals surface area contributed by atoms with Crippen molar-refractivity contribution in [3.05, 3.63) is 64.1 Å². The lowest BCUT2D eigenvalue weighted by Crippen LogP contribution is -2.50. The van der Waals surface area contributed by atoms with Crippen LogP contribution in [0.1, 0.15) is 24.6 Å². The molecule has 0 saturated carbocycles. The number of fused-ring (bicyclic) bond motifs is 1. The number of nitriles is 1. The molecule has 3 heterocycles. The third-order valence-corrected chi connectivity index (χ3v) is 5.85. The number of aromatic nitrogens is 2. The zero-order valence-electron chi connectivity index (χ0n) is 18.7. The second kappa shape index (κ2) is 9.35. The van der Waals surface area contributed by atoms with Crippen LogP contribution in [-0.2, 0) is 18.0 Å². The molecule has 1 fully saturated rings. The molecule has 34 heavy (non-hydrogen) atoms. The fourth-order valence-electron chi connectivity index (χ4n) is 4.16. The van der Waals surface area contributed by atoms with Crippen molar-refractivity contribution in [1.82, 2.24) is 9.55 Å². The first-order chi connectivity index (χ1) is 16.2. The highest BCUT2D eigenvalue weighted by Crippen LogP contribution is 2.33. The molecule has 0 spiro atoms. The van der Waals surface area contributed by atoms with Gasteiger partial charge in [0.2, 0.25) is 0 Å². The summed E-state index contributed by atoms with van der Waals surface area (Å²) in [6.45, 7) is 3.02. The van der Waals surface area contributed by atoms with Gasteiger partial charge in [-0.2, -0.15) is 18.4 Å². The van der Waals surface area contributed by atoms with Gasteiger partial charge < -0.3 is 18.9 Å². The lowest BCUT2D eigenvalue weighted by atomic mass is 10.0. The summed E-state index contributed by atoms with van der Waals surface area (Å²) >= 11 is 0. The molecule has 1 aliphatic heterocycles. The van der Waals surface area contributed by atoms with E-state index in [0.29, 0.717) is 42.8 Å². The monoisotopic (exact) mass is 472 g/mol. The van der Waals surface area contributed by atoms with Crippen molar-refractivity contribution in [2.24, 2.45) is 7.05 Å². The Kier molecular flexibility index (Phi) is 6.48. The van der Waals surface area contributed by atoms with Gasteiger partial charge in [-0.3, -0.25) is 4.79 Å². The highest BCUT2D eigenvalue weighted by Gasteiger charge is 2.34. The maximum Gasteiger partial charge on any atom is 0.416 e. The molecular formula is C24H23F3N4O3. The van der Waals surface area contributed by atoms with Gasteiger partial charge in [-0.25, -0.2) is 4.98 Å². The quantitative estimate of drug-likeness (QED) is 0.561. The van der Waals surface area contributed by atoms with Gasteiger partial charge >= 0.3 is 6.18 Å². The highest BCUT2D eigenvalue weighted by molar-refractivity contribution is 5.88. The summed E-state index contributed by atoms with van der Waals surface area (Å²) in [6, 6.07) is 11.5. The third kappa shape index (κ3) is 4.70. The van der Waals surface area contributed by atoms with E-state index in [1.54, 1.807) is 19.2 Å². The topological polar surface area (TPSA) is 80.4 Å². The van der Waals surface area contributed by atoms with Crippen LogP contribution >= 0.6 is 0 Å². The third-order valence-electron chi connectivity index (χ3n) is 5.85. The minimum Gasteiger partial charge on any atom is -0.488 e. The summed E-state index contributed by atoms with van der Waals surface area (Å²) in [5.74, 6) is 0.123. The van der Waals surface area contributed by atoms with Crippen molar-refractivity contribution in [2.75, 3.05) is 24.6 Å². The van der Waals surface area contributed by atoms with Crippen LogP contribution < -0.4 is 15.2 Å². The molecule has 0 bridgehead atoms. The summed E-state index contributed by atoms with van der Waals surface area (Å²) in [5.41, 5.74) is 0.935. The maximum atomic E-state index is 13.1. The van der Waals surface area contributed by atoms with Gasteiger partial charge in [-0.1, -0.05) is 6.07 Å². The molecule has 7 nitrogen and oxygen atoms in total. The van der Waals surface area contributed by atoms with Crippen LogP contribution in [0.5, 0.6) is 5.75 Å². The molecule has 0 aliphatic carbocycles. The molecule has 0 amide bonds. The number of nitrogens with zero attached hydrogens (tertiary/aromatic N) is 4. The zero-order chi connectivity index (χ0) is 24.5. The number of halogens is 3. The number of hydrogen-bond donors (Lipinski definition) is 0. The minimum atomic E-state index is -4.46. The maximum absolute atomic E-state index is 13.1. The van der Waals surface area contributed by atoms with Crippen LogP contribution in [0.25, 0.3) is 11.0 Å². The van der Waals surface area contributed by atoms with Crippen molar-refractivity contribution >= 4 is 16.7 Å². The first-order valence-electron chi connectivity index (χ1n) is 10.8. The lowest BCUT2D eigenvalue weighted by molar-refractivity contribution is -0.137. The van der Waals surface area contributed by atoms with Gasteiger partial charge in [0, 0.05) is 39.2 Å². The number of aryl methyl sites for hydroxylation is 1. The molecule has 178 valence electrons. The number of alkyl halides is 3. The average Bonchev–Trinajstić information content (AvgIpc) is 2.82. The Morgan fingerprint density at radius 2 is 2.00 bits per heavy atom. The number of piperidine rings is 1. The summed E-state index contributed by atoms with van der Waals surface area (Å²) in [4.78, 5) is 18.9. The van der Waals surface area contributed by atoms with Gasteiger partial charge in [0.25, 0.3) is 5.56 Å². The average molecular weight is 472 g/mol. The predicted octanol–water partition coefficient (Wildman–Crippen LogP) is 3.89. The number of pyridine rings is 2. The summed E-state index contributed by atoms with van der Waals surface area (Å²) < 4.78 is 52.5. The van der Waals surface area contributed by atoms with Crippen LogP contribution in [0.2, 0.25) is 0 Å². The van der Waals surface area contributed by atoms with Crippen LogP contribution in [0, 0.1) is 11.3 Å². The Morgan fingerprint density at radius 1 is 1.21 bits per heavy atom. The lowest BCUT2D eigenvalue weighted by Gasteiger charge is -2.39. The predicted molar refractivity (Wildman–Crippen MR) is 120 cm³/mol. The van der Waals surface area contributed by atoms with Gasteiger partial charge in [-0.15, -0.1) is 0 Å². The number of benzene rings is 1.